The van der Waals surface area contributed by atoms with Crippen LogP contribution in [0, 0.1) is 0 Å². The number of nitrogens with zero attached hydrogens (tertiary/aromatic N) is 4. The number of carbonyl (C=O) groups is 1. The van der Waals surface area contributed by atoms with Crippen LogP contribution in [0.5, 0.6) is 5.75 Å². The monoisotopic (exact) mass is 503 g/mol. The lowest BCUT2D eigenvalue weighted by molar-refractivity contribution is -0.144. The number of benzene rings is 1. The molecular formula is C22H30N7O5P. The Morgan fingerprint density at radius 2 is 2.06 bits per heavy atom. The minimum Gasteiger partial charge on any atom is -0.465 e. The molecule has 0 bridgehead atoms. The first-order chi connectivity index (χ1) is 16.9. The third kappa shape index (κ3) is 6.68. The van der Waals surface area contributed by atoms with Crippen LogP contribution in [0.4, 0.5) is 11.8 Å². The van der Waals surface area contributed by atoms with Crippen LogP contribution in [0.25, 0.3) is 11.2 Å². The molecule has 0 aliphatic heterocycles. The highest BCUT2D eigenvalue weighted by Crippen LogP contribution is 2.43. The molecule has 35 heavy (non-hydrogen) atoms. The molecule has 3 aromatic rings. The molecule has 1 unspecified atom stereocenters. The van der Waals surface area contributed by atoms with Crippen molar-refractivity contribution in [2.75, 3.05) is 30.6 Å². The minimum absolute atomic E-state index is 0.154. The maximum absolute atomic E-state index is 13.5. The number of anilines is 2. The summed E-state index contributed by atoms with van der Waals surface area (Å²) in [7, 11) is -3.61. The molecule has 2 heterocycles. The number of fused-ring (bicyclic) bond motifs is 1. The SMILES string of the molecule is CCOC(=O)[C@H](C)NP(=O)(COCCn1cnc2c(NC3CC3)nc(N)nc21)Oc1ccccc1. The van der Waals surface area contributed by atoms with Gasteiger partial charge >= 0.3 is 13.5 Å². The normalized spacial score (nSPS) is 15.9. The molecule has 1 aromatic carbocycles. The fraction of sp³-hybridized carbons (Fsp3) is 0.455. The van der Waals surface area contributed by atoms with Crippen molar-refractivity contribution in [1.29, 1.82) is 0 Å². The molecule has 2 aromatic heterocycles. The highest BCUT2D eigenvalue weighted by molar-refractivity contribution is 7.57. The quantitative estimate of drug-likeness (QED) is 0.179. The first-order valence-electron chi connectivity index (χ1n) is 11.5. The molecule has 1 saturated carbocycles. The third-order valence-electron chi connectivity index (χ3n) is 5.16. The molecule has 0 amide bonds. The number of ether oxygens (including phenoxy) is 2. The van der Waals surface area contributed by atoms with Gasteiger partial charge in [0.15, 0.2) is 17.0 Å². The zero-order valence-corrected chi connectivity index (χ0v) is 20.6. The third-order valence-corrected chi connectivity index (χ3v) is 6.97. The predicted octanol–water partition coefficient (Wildman–Crippen LogP) is 2.77. The topological polar surface area (TPSA) is 156 Å². The Bertz CT molecular complexity index is 1200. The van der Waals surface area contributed by atoms with Gasteiger partial charge in [0.1, 0.15) is 18.1 Å². The van der Waals surface area contributed by atoms with Gasteiger partial charge in [-0.1, -0.05) is 18.2 Å². The molecule has 188 valence electrons. The Hall–Kier alpha value is -3.21. The van der Waals surface area contributed by atoms with E-state index in [1.165, 1.54) is 0 Å². The zero-order valence-electron chi connectivity index (χ0n) is 19.7. The number of imidazole rings is 1. The van der Waals surface area contributed by atoms with Gasteiger partial charge in [-0.3, -0.25) is 9.36 Å². The van der Waals surface area contributed by atoms with Crippen LogP contribution in [-0.4, -0.2) is 57.1 Å². The standard InChI is InChI=1S/C22H30N7O5P/c1-3-33-21(30)15(2)28-35(31,34-17-7-5-4-6-8-17)14-32-12-11-29-13-24-18-19(25-16-9-10-16)26-22(23)27-20(18)29/h4-8,13,15-16H,3,9-12,14H2,1-2H3,(H,28,31)(H3,23,25,26,27)/t15-,35?/m0/s1. The number of hydrogen-bond acceptors (Lipinski definition) is 10. The molecule has 1 fully saturated rings. The van der Waals surface area contributed by atoms with E-state index in [4.69, 9.17) is 19.7 Å². The van der Waals surface area contributed by atoms with Crippen molar-refractivity contribution >= 4 is 36.4 Å². The Kier molecular flexibility index (Phi) is 7.84. The average Bonchev–Trinajstić information content (AvgIpc) is 3.55. The molecule has 0 radical (unpaired) electrons. The van der Waals surface area contributed by atoms with Crippen molar-refractivity contribution < 1.29 is 23.4 Å². The molecule has 13 heteroatoms. The highest BCUT2D eigenvalue weighted by atomic mass is 31.2. The largest absolute Gasteiger partial charge is 0.465 e. The second-order valence-electron chi connectivity index (χ2n) is 8.18. The highest BCUT2D eigenvalue weighted by Gasteiger charge is 2.31. The van der Waals surface area contributed by atoms with Gasteiger partial charge in [0, 0.05) is 12.6 Å². The summed E-state index contributed by atoms with van der Waals surface area (Å²) in [6.07, 6.45) is 3.56. The van der Waals surface area contributed by atoms with Gasteiger partial charge in [-0.2, -0.15) is 9.97 Å². The van der Waals surface area contributed by atoms with E-state index in [0.717, 1.165) is 12.8 Å². The van der Waals surface area contributed by atoms with E-state index < -0.39 is 19.5 Å². The van der Waals surface area contributed by atoms with Gasteiger partial charge in [0.2, 0.25) is 5.95 Å². The van der Waals surface area contributed by atoms with Gasteiger partial charge in [-0.05, 0) is 38.8 Å². The number of hydrogen-bond donors (Lipinski definition) is 3. The summed E-state index contributed by atoms with van der Waals surface area (Å²) in [4.78, 5) is 25.1. The van der Waals surface area contributed by atoms with Crippen LogP contribution in [0.2, 0.25) is 0 Å². The van der Waals surface area contributed by atoms with Crippen molar-refractivity contribution in [2.24, 2.45) is 0 Å². The fourth-order valence-corrected chi connectivity index (χ4v) is 5.06. The predicted molar refractivity (Wildman–Crippen MR) is 131 cm³/mol. The number of carbonyl (C=O) groups excluding carboxylic acids is 1. The number of esters is 1. The molecule has 0 spiro atoms. The Labute approximate surface area is 203 Å². The molecule has 1 aliphatic rings. The fourth-order valence-electron chi connectivity index (χ4n) is 3.35. The van der Waals surface area contributed by atoms with E-state index in [9.17, 15) is 9.36 Å². The molecule has 4 rings (SSSR count). The Morgan fingerprint density at radius 3 is 2.77 bits per heavy atom. The number of aromatic nitrogens is 4. The van der Waals surface area contributed by atoms with Crippen LogP contribution in [0.15, 0.2) is 36.7 Å². The lowest BCUT2D eigenvalue weighted by atomic mass is 10.3. The molecule has 4 N–H and O–H groups in total. The van der Waals surface area contributed by atoms with Gasteiger partial charge in [0.25, 0.3) is 0 Å². The molecule has 2 atom stereocenters. The van der Waals surface area contributed by atoms with Crippen molar-refractivity contribution in [3.05, 3.63) is 36.7 Å². The van der Waals surface area contributed by atoms with Crippen molar-refractivity contribution in [1.82, 2.24) is 24.6 Å². The van der Waals surface area contributed by atoms with Crippen molar-refractivity contribution in [3.63, 3.8) is 0 Å². The lowest BCUT2D eigenvalue weighted by Gasteiger charge is -2.23. The van der Waals surface area contributed by atoms with Gasteiger partial charge in [-0.15, -0.1) is 0 Å². The summed E-state index contributed by atoms with van der Waals surface area (Å²) >= 11 is 0. The van der Waals surface area contributed by atoms with E-state index >= 15 is 0 Å². The average molecular weight is 504 g/mol. The maximum atomic E-state index is 13.5. The van der Waals surface area contributed by atoms with Crippen LogP contribution in [0.1, 0.15) is 26.7 Å². The van der Waals surface area contributed by atoms with Crippen LogP contribution >= 0.6 is 7.52 Å². The van der Waals surface area contributed by atoms with Crippen LogP contribution in [0.3, 0.4) is 0 Å². The van der Waals surface area contributed by atoms with Gasteiger partial charge < -0.3 is 29.6 Å². The lowest BCUT2D eigenvalue weighted by Crippen LogP contribution is -2.35. The molecule has 1 aliphatic carbocycles. The van der Waals surface area contributed by atoms with Gasteiger partial charge in [-0.25, -0.2) is 10.1 Å². The first-order valence-corrected chi connectivity index (χ1v) is 13.3. The van der Waals surface area contributed by atoms with E-state index in [2.05, 4.69) is 25.4 Å². The second kappa shape index (κ2) is 11.0. The van der Waals surface area contributed by atoms with E-state index in [1.54, 1.807) is 49.0 Å². The molecular weight excluding hydrogens is 473 g/mol. The number of nitrogens with two attached hydrogens (primary N) is 1. The number of para-hydroxylation sites is 1. The van der Waals surface area contributed by atoms with Gasteiger partial charge in [0.05, 0.1) is 19.5 Å². The summed E-state index contributed by atoms with van der Waals surface area (Å²) in [5.41, 5.74) is 7.11. The Morgan fingerprint density at radius 1 is 1.29 bits per heavy atom. The summed E-state index contributed by atoms with van der Waals surface area (Å²) in [6, 6.07) is 8.25. The number of nitrogen functional groups attached to an aromatic ring is 1. The molecule has 0 saturated heterocycles. The zero-order chi connectivity index (χ0) is 24.8. The Balaban J connectivity index is 1.40. The van der Waals surface area contributed by atoms with Crippen LogP contribution in [-0.2, 0) is 25.4 Å². The summed E-state index contributed by atoms with van der Waals surface area (Å²) in [5, 5.41) is 6.08. The van der Waals surface area contributed by atoms with E-state index in [0.29, 0.717) is 35.3 Å². The summed E-state index contributed by atoms with van der Waals surface area (Å²) in [6.45, 7) is 4.06. The van der Waals surface area contributed by atoms with Crippen molar-refractivity contribution in [3.8, 4) is 5.75 Å². The number of nitrogens with one attached hydrogen (secondary N) is 2. The molecule has 12 nitrogen and oxygen atoms in total. The number of rotatable bonds is 13. The maximum Gasteiger partial charge on any atom is 0.342 e. The van der Waals surface area contributed by atoms with Crippen LogP contribution < -0.4 is 20.7 Å². The summed E-state index contributed by atoms with van der Waals surface area (Å²) < 4.78 is 31.8. The van der Waals surface area contributed by atoms with E-state index in [1.807, 2.05) is 6.07 Å². The summed E-state index contributed by atoms with van der Waals surface area (Å²) in [5.74, 6) is 0.641. The minimum atomic E-state index is -3.61. The second-order valence-corrected chi connectivity index (χ2v) is 10.2. The smallest absolute Gasteiger partial charge is 0.342 e. The van der Waals surface area contributed by atoms with E-state index in [-0.39, 0.29) is 25.5 Å². The first kappa shape index (κ1) is 24.9. The van der Waals surface area contributed by atoms with Crippen molar-refractivity contribution in [2.45, 2.75) is 45.3 Å².